The van der Waals surface area contributed by atoms with Crippen molar-refractivity contribution in [1.29, 1.82) is 0 Å². The number of H-pyrrole nitrogens is 1. The van der Waals surface area contributed by atoms with E-state index in [2.05, 4.69) is 28.8 Å². The number of aromatic amines is 1. The summed E-state index contributed by atoms with van der Waals surface area (Å²) < 4.78 is 38.5. The highest BCUT2D eigenvalue weighted by molar-refractivity contribution is 7.89. The molecule has 0 fully saturated rings. The first-order valence-electron chi connectivity index (χ1n) is 8.66. The van der Waals surface area contributed by atoms with Crippen molar-refractivity contribution in [1.82, 2.24) is 9.71 Å². The molecular weight excluding hydrogens is 364 g/mol. The summed E-state index contributed by atoms with van der Waals surface area (Å²) in [7, 11) is -0.792. The maximum atomic E-state index is 12.8. The number of nitrogens with one attached hydrogen (secondary N) is 2. The molecule has 0 aliphatic carbocycles. The Morgan fingerprint density at radius 2 is 1.85 bits per heavy atom. The van der Waals surface area contributed by atoms with Crippen molar-refractivity contribution < 1.29 is 17.9 Å². The zero-order valence-electron chi connectivity index (χ0n) is 15.9. The van der Waals surface area contributed by atoms with Crippen molar-refractivity contribution >= 4 is 20.9 Å². The van der Waals surface area contributed by atoms with Gasteiger partial charge >= 0.3 is 0 Å². The van der Waals surface area contributed by atoms with Gasteiger partial charge in [-0.1, -0.05) is 18.2 Å². The molecule has 0 unspecified atom stereocenters. The summed E-state index contributed by atoms with van der Waals surface area (Å²) in [5.74, 6) is 0.737. The van der Waals surface area contributed by atoms with Crippen molar-refractivity contribution in [3.05, 3.63) is 53.2 Å². The minimum atomic E-state index is -3.73. The van der Waals surface area contributed by atoms with Gasteiger partial charge < -0.3 is 14.5 Å². The second-order valence-electron chi connectivity index (χ2n) is 6.39. The van der Waals surface area contributed by atoms with Crippen molar-refractivity contribution in [3.8, 4) is 11.5 Å². The molecule has 0 aliphatic heterocycles. The highest BCUT2D eigenvalue weighted by atomic mass is 32.2. The highest BCUT2D eigenvalue weighted by Gasteiger charge is 2.20. The number of hydrogen-bond donors (Lipinski definition) is 2. The molecule has 0 radical (unpaired) electrons. The van der Waals surface area contributed by atoms with Gasteiger partial charge in [0.05, 0.1) is 14.2 Å². The third kappa shape index (κ3) is 3.79. The fourth-order valence-corrected chi connectivity index (χ4v) is 4.47. The molecule has 1 aromatic heterocycles. The van der Waals surface area contributed by atoms with Gasteiger partial charge in [-0.05, 0) is 43.5 Å². The zero-order chi connectivity index (χ0) is 19.6. The summed E-state index contributed by atoms with van der Waals surface area (Å²) in [6, 6.07) is 10.8. The first kappa shape index (κ1) is 19.3. The molecule has 7 heteroatoms. The van der Waals surface area contributed by atoms with E-state index in [-0.39, 0.29) is 17.2 Å². The van der Waals surface area contributed by atoms with Gasteiger partial charge in [0.25, 0.3) is 0 Å². The number of aromatic nitrogens is 1. The summed E-state index contributed by atoms with van der Waals surface area (Å²) in [5, 5.41) is 1.13. The Labute approximate surface area is 159 Å². The summed E-state index contributed by atoms with van der Waals surface area (Å²) >= 11 is 0. The molecule has 0 saturated carbocycles. The maximum absolute atomic E-state index is 12.8. The Balaban J connectivity index is 1.81. The van der Waals surface area contributed by atoms with E-state index < -0.39 is 10.0 Å². The SMILES string of the molecule is COc1ccc(OC)c(S(=O)(=O)NCCc2c(C)[nH]c3c(C)cccc23)c1. The minimum Gasteiger partial charge on any atom is -0.497 e. The van der Waals surface area contributed by atoms with Crippen LogP contribution in [0.3, 0.4) is 0 Å². The molecule has 0 saturated heterocycles. The number of benzene rings is 2. The van der Waals surface area contributed by atoms with Gasteiger partial charge in [0.2, 0.25) is 10.0 Å². The van der Waals surface area contributed by atoms with Crippen molar-refractivity contribution in [2.45, 2.75) is 25.2 Å². The van der Waals surface area contributed by atoms with E-state index in [1.807, 2.05) is 13.0 Å². The smallest absolute Gasteiger partial charge is 0.244 e. The van der Waals surface area contributed by atoms with Crippen LogP contribution in [0.1, 0.15) is 16.8 Å². The Morgan fingerprint density at radius 3 is 2.56 bits per heavy atom. The molecule has 144 valence electrons. The first-order valence-corrected chi connectivity index (χ1v) is 10.1. The van der Waals surface area contributed by atoms with Crippen LogP contribution in [0.15, 0.2) is 41.3 Å². The maximum Gasteiger partial charge on any atom is 0.244 e. The average Bonchev–Trinajstić information content (AvgIpc) is 2.98. The molecule has 0 amide bonds. The quantitative estimate of drug-likeness (QED) is 0.651. The third-order valence-electron chi connectivity index (χ3n) is 4.69. The van der Waals surface area contributed by atoms with Crippen molar-refractivity contribution in [2.24, 2.45) is 0 Å². The van der Waals surface area contributed by atoms with E-state index in [0.717, 1.165) is 22.2 Å². The van der Waals surface area contributed by atoms with Crippen LogP contribution in [0.25, 0.3) is 10.9 Å². The monoisotopic (exact) mass is 388 g/mol. The second-order valence-corrected chi connectivity index (χ2v) is 8.13. The van der Waals surface area contributed by atoms with Crippen molar-refractivity contribution in [2.75, 3.05) is 20.8 Å². The van der Waals surface area contributed by atoms with Crippen LogP contribution in [0.2, 0.25) is 0 Å². The molecule has 3 rings (SSSR count). The van der Waals surface area contributed by atoms with Gasteiger partial charge in [-0.25, -0.2) is 13.1 Å². The van der Waals surface area contributed by atoms with Crippen LogP contribution in [-0.2, 0) is 16.4 Å². The molecule has 27 heavy (non-hydrogen) atoms. The van der Waals surface area contributed by atoms with Gasteiger partial charge in [0.15, 0.2) is 0 Å². The van der Waals surface area contributed by atoms with E-state index >= 15 is 0 Å². The molecule has 2 aromatic carbocycles. The lowest BCUT2D eigenvalue weighted by Crippen LogP contribution is -2.26. The molecular formula is C20H24N2O4S. The van der Waals surface area contributed by atoms with Gasteiger partial charge in [0, 0.05) is 29.2 Å². The molecule has 3 aromatic rings. The highest BCUT2D eigenvalue weighted by Crippen LogP contribution is 2.28. The standard InChI is InChI=1S/C20H24N2O4S/c1-13-6-5-7-17-16(14(2)22-20(13)17)10-11-21-27(23,24)19-12-15(25-3)8-9-18(19)26-4/h5-9,12,21-22H,10-11H2,1-4H3. The van der Waals surface area contributed by atoms with Crippen LogP contribution in [0, 0.1) is 13.8 Å². The molecule has 0 bridgehead atoms. The summed E-state index contributed by atoms with van der Waals surface area (Å²) in [6.07, 6.45) is 0.584. The predicted octanol–water partition coefficient (Wildman–Crippen LogP) is 3.32. The molecule has 0 aliphatic rings. The lowest BCUT2D eigenvalue weighted by molar-refractivity contribution is 0.392. The number of para-hydroxylation sites is 1. The number of aryl methyl sites for hydroxylation is 2. The summed E-state index contributed by atoms with van der Waals surface area (Å²) in [4.78, 5) is 3.46. The van der Waals surface area contributed by atoms with Crippen LogP contribution in [0.4, 0.5) is 0 Å². The van der Waals surface area contributed by atoms with Gasteiger partial charge in [-0.2, -0.15) is 0 Å². The number of ether oxygens (including phenoxy) is 2. The first-order chi connectivity index (χ1) is 12.9. The number of fused-ring (bicyclic) bond motifs is 1. The van der Waals surface area contributed by atoms with E-state index in [1.54, 1.807) is 12.1 Å². The average molecular weight is 388 g/mol. The van der Waals surface area contributed by atoms with Crippen LogP contribution in [0.5, 0.6) is 11.5 Å². The number of rotatable bonds is 7. The van der Waals surface area contributed by atoms with E-state index in [0.29, 0.717) is 12.2 Å². The van der Waals surface area contributed by atoms with Gasteiger partial charge in [-0.3, -0.25) is 0 Å². The van der Waals surface area contributed by atoms with E-state index in [1.165, 1.54) is 25.8 Å². The van der Waals surface area contributed by atoms with E-state index in [9.17, 15) is 8.42 Å². The Hall–Kier alpha value is -2.51. The minimum absolute atomic E-state index is 0.0656. The van der Waals surface area contributed by atoms with Crippen LogP contribution < -0.4 is 14.2 Å². The van der Waals surface area contributed by atoms with Gasteiger partial charge in [0.1, 0.15) is 16.4 Å². The van der Waals surface area contributed by atoms with Gasteiger partial charge in [-0.15, -0.1) is 0 Å². The topological polar surface area (TPSA) is 80.4 Å². The molecule has 0 spiro atoms. The number of sulfonamides is 1. The van der Waals surface area contributed by atoms with Crippen LogP contribution >= 0.6 is 0 Å². The lowest BCUT2D eigenvalue weighted by Gasteiger charge is -2.12. The van der Waals surface area contributed by atoms with Crippen LogP contribution in [-0.4, -0.2) is 34.2 Å². The summed E-state index contributed by atoms with van der Waals surface area (Å²) in [5.41, 5.74) is 4.44. The normalized spacial score (nSPS) is 11.7. The molecule has 0 atom stereocenters. The summed E-state index contributed by atoms with van der Waals surface area (Å²) in [6.45, 7) is 4.35. The largest absolute Gasteiger partial charge is 0.497 e. The van der Waals surface area contributed by atoms with E-state index in [4.69, 9.17) is 9.47 Å². The molecule has 6 nitrogen and oxygen atoms in total. The third-order valence-corrected chi connectivity index (χ3v) is 6.17. The number of methoxy groups -OCH3 is 2. The fourth-order valence-electron chi connectivity index (χ4n) is 3.25. The van der Waals surface area contributed by atoms with Crippen molar-refractivity contribution in [3.63, 3.8) is 0 Å². The molecule has 2 N–H and O–H groups in total. The Bertz CT molecular complexity index is 1070. The fraction of sp³-hybridized carbons (Fsp3) is 0.300. The predicted molar refractivity (Wildman–Crippen MR) is 106 cm³/mol. The molecule has 1 heterocycles. The Kier molecular flexibility index (Phi) is 5.43. The second kappa shape index (κ2) is 7.62. The zero-order valence-corrected chi connectivity index (χ0v) is 16.7. The Morgan fingerprint density at radius 1 is 1.07 bits per heavy atom. The lowest BCUT2D eigenvalue weighted by atomic mass is 10.1. The number of hydrogen-bond acceptors (Lipinski definition) is 4.